The molecule has 2 atom stereocenters. The van der Waals surface area contributed by atoms with Crippen LogP contribution >= 0.6 is 0 Å². The second-order valence-corrected chi connectivity index (χ2v) is 10.4. The van der Waals surface area contributed by atoms with Gasteiger partial charge in [0, 0.05) is 38.3 Å². The normalized spacial score (nSPS) is 20.0. The lowest BCUT2D eigenvalue weighted by atomic mass is 9.75. The van der Waals surface area contributed by atoms with E-state index in [0.29, 0.717) is 75.1 Å². The number of anilines is 1. The number of para-hydroxylation sites is 1. The van der Waals surface area contributed by atoms with E-state index in [0.717, 1.165) is 16.7 Å². The largest absolute Gasteiger partial charge is 0.490 e. The van der Waals surface area contributed by atoms with Crippen LogP contribution < -0.4 is 14.4 Å². The summed E-state index contributed by atoms with van der Waals surface area (Å²) in [5.41, 5.74) is 3.91. The third-order valence-electron chi connectivity index (χ3n) is 8.24. The Bertz CT molecular complexity index is 1440. The predicted molar refractivity (Wildman–Crippen MR) is 151 cm³/mol. The second-order valence-electron chi connectivity index (χ2n) is 10.4. The van der Waals surface area contributed by atoms with E-state index < -0.39 is 12.0 Å². The van der Waals surface area contributed by atoms with Crippen molar-refractivity contribution in [1.82, 2.24) is 9.80 Å². The van der Waals surface area contributed by atoms with Crippen molar-refractivity contribution in [2.75, 3.05) is 50.8 Å². The first-order valence-electron chi connectivity index (χ1n) is 14.1. The number of hydrogen-bond donors (Lipinski definition) is 0. The van der Waals surface area contributed by atoms with Crippen LogP contribution in [0.1, 0.15) is 52.9 Å². The molecule has 3 aromatic rings. The molecular weight excluding hydrogens is 509 g/mol. The number of rotatable bonds is 6. The first-order valence-corrected chi connectivity index (χ1v) is 14.1. The fraction of sp³-hybridized carbons (Fsp3) is 0.375. The van der Waals surface area contributed by atoms with E-state index in [2.05, 4.69) is 0 Å². The van der Waals surface area contributed by atoms with Crippen molar-refractivity contribution >= 4 is 17.5 Å². The number of piperazine rings is 1. The molecule has 0 aliphatic carbocycles. The second kappa shape index (κ2) is 10.8. The highest BCUT2D eigenvalue weighted by molar-refractivity contribution is 6.01. The fourth-order valence-electron chi connectivity index (χ4n) is 6.41. The van der Waals surface area contributed by atoms with Crippen molar-refractivity contribution in [3.63, 3.8) is 0 Å². The molecule has 2 amide bonds. The molecule has 3 aromatic carbocycles. The summed E-state index contributed by atoms with van der Waals surface area (Å²) in [7, 11) is 0. The van der Waals surface area contributed by atoms with E-state index in [-0.39, 0.29) is 17.6 Å². The van der Waals surface area contributed by atoms with E-state index >= 15 is 0 Å². The molecular formula is C32H34FN3O4. The van der Waals surface area contributed by atoms with E-state index in [9.17, 15) is 14.0 Å². The molecule has 208 valence electrons. The summed E-state index contributed by atoms with van der Waals surface area (Å²) in [6.07, 6.45) is 0.675. The Kier molecular flexibility index (Phi) is 7.09. The lowest BCUT2D eigenvalue weighted by molar-refractivity contribution is -0.135. The van der Waals surface area contributed by atoms with Crippen LogP contribution in [0.25, 0.3) is 0 Å². The van der Waals surface area contributed by atoms with Crippen molar-refractivity contribution in [2.24, 2.45) is 0 Å². The third kappa shape index (κ3) is 4.45. The average Bonchev–Trinajstić information content (AvgIpc) is 2.98. The van der Waals surface area contributed by atoms with Crippen molar-refractivity contribution in [3.05, 3.63) is 88.7 Å². The van der Waals surface area contributed by atoms with Gasteiger partial charge >= 0.3 is 0 Å². The number of hydrogen-bond acceptors (Lipinski definition) is 5. The van der Waals surface area contributed by atoms with Crippen LogP contribution in [0.4, 0.5) is 10.1 Å². The molecule has 0 N–H and O–H groups in total. The van der Waals surface area contributed by atoms with Gasteiger partial charge in [-0.15, -0.1) is 0 Å². The zero-order chi connectivity index (χ0) is 27.8. The first kappa shape index (κ1) is 26.2. The number of nitrogens with zero attached hydrogens (tertiary/aromatic N) is 3. The lowest BCUT2D eigenvalue weighted by Crippen LogP contribution is -2.54. The zero-order valence-electron chi connectivity index (χ0n) is 22.9. The number of carbonyl (C=O) groups excluding carboxylic acids is 2. The molecule has 0 spiro atoms. The summed E-state index contributed by atoms with van der Waals surface area (Å²) in [4.78, 5) is 33.9. The van der Waals surface area contributed by atoms with E-state index in [1.54, 1.807) is 12.1 Å². The van der Waals surface area contributed by atoms with Crippen molar-refractivity contribution < 1.29 is 23.5 Å². The zero-order valence-corrected chi connectivity index (χ0v) is 22.9. The van der Waals surface area contributed by atoms with Gasteiger partial charge in [-0.1, -0.05) is 30.3 Å². The Hall–Kier alpha value is -4.07. The molecule has 8 heteroatoms. The molecule has 40 heavy (non-hydrogen) atoms. The molecule has 0 bridgehead atoms. The highest BCUT2D eigenvalue weighted by Crippen LogP contribution is 2.49. The molecule has 3 heterocycles. The van der Waals surface area contributed by atoms with E-state index in [1.165, 1.54) is 6.07 Å². The van der Waals surface area contributed by atoms with Gasteiger partial charge in [0.15, 0.2) is 11.5 Å². The van der Waals surface area contributed by atoms with Crippen LogP contribution in [0.15, 0.2) is 60.7 Å². The number of fused-ring (bicyclic) bond motifs is 4. The quantitative estimate of drug-likeness (QED) is 0.447. The summed E-state index contributed by atoms with van der Waals surface area (Å²) in [5.74, 6) is 0.440. The number of halogens is 1. The minimum absolute atomic E-state index is 0.0113. The van der Waals surface area contributed by atoms with Crippen LogP contribution in [0.5, 0.6) is 11.5 Å². The molecule has 3 aliphatic rings. The summed E-state index contributed by atoms with van der Waals surface area (Å²) in [5, 5.41) is 0. The molecule has 1 saturated heterocycles. The Morgan fingerprint density at radius 1 is 0.875 bits per heavy atom. The Balaban J connectivity index is 1.37. The van der Waals surface area contributed by atoms with E-state index in [1.807, 2.05) is 71.0 Å². The monoisotopic (exact) mass is 543 g/mol. The maximum Gasteiger partial charge on any atom is 0.254 e. The SMILES string of the molecule is CCOc1cc2c(cc1OCC)[C@H]1[C@H](C(=O)N3CCN(c4ccccc4F)CC3)c3ccccc3C(=O)N1CC2. The molecule has 0 radical (unpaired) electrons. The van der Waals surface area contributed by atoms with Crippen LogP contribution in [-0.2, 0) is 11.2 Å². The fourth-order valence-corrected chi connectivity index (χ4v) is 6.41. The Morgan fingerprint density at radius 3 is 2.27 bits per heavy atom. The van der Waals surface area contributed by atoms with Crippen molar-refractivity contribution in [2.45, 2.75) is 32.2 Å². The van der Waals surface area contributed by atoms with Crippen molar-refractivity contribution in [3.8, 4) is 11.5 Å². The standard InChI is InChI=1S/C32H34FN3O4/c1-3-39-27-19-21-13-14-36-30(24(21)20-28(27)40-4-2)29(22-9-5-6-10-23(22)31(36)37)32(38)35-17-15-34(16-18-35)26-12-8-7-11-25(26)33/h5-12,19-20,29-30H,3-4,13-18H2,1-2H3/t29-,30+/m1/s1. The van der Waals surface area contributed by atoms with Crippen molar-refractivity contribution in [1.29, 1.82) is 0 Å². The summed E-state index contributed by atoms with van der Waals surface area (Å²) in [6.45, 7) is 7.41. The summed E-state index contributed by atoms with van der Waals surface area (Å²) in [6, 6.07) is 17.8. The Labute approximate surface area is 234 Å². The third-order valence-corrected chi connectivity index (χ3v) is 8.24. The minimum Gasteiger partial charge on any atom is -0.490 e. The molecule has 6 rings (SSSR count). The van der Waals surface area contributed by atoms with Gasteiger partial charge in [-0.05, 0) is 67.3 Å². The number of ether oxygens (including phenoxy) is 2. The summed E-state index contributed by atoms with van der Waals surface area (Å²) >= 11 is 0. The van der Waals surface area contributed by atoms with Gasteiger partial charge in [0.2, 0.25) is 5.91 Å². The number of benzene rings is 3. The highest BCUT2D eigenvalue weighted by Gasteiger charge is 2.48. The van der Waals surface area contributed by atoms with Gasteiger partial charge in [0.05, 0.1) is 30.9 Å². The highest BCUT2D eigenvalue weighted by atomic mass is 19.1. The van der Waals surface area contributed by atoms with Gasteiger partial charge < -0.3 is 24.2 Å². The van der Waals surface area contributed by atoms with Crippen LogP contribution in [-0.4, -0.2) is 67.6 Å². The molecule has 0 saturated carbocycles. The first-order chi connectivity index (χ1) is 19.5. The van der Waals surface area contributed by atoms with Gasteiger partial charge in [-0.25, -0.2) is 4.39 Å². The van der Waals surface area contributed by atoms with E-state index in [4.69, 9.17) is 9.47 Å². The van der Waals surface area contributed by atoms with Crippen LogP contribution in [0.3, 0.4) is 0 Å². The molecule has 3 aliphatic heterocycles. The maximum atomic E-state index is 14.4. The van der Waals surface area contributed by atoms with Crippen LogP contribution in [0, 0.1) is 5.82 Å². The molecule has 1 fully saturated rings. The average molecular weight is 544 g/mol. The predicted octanol–water partition coefficient (Wildman–Crippen LogP) is 4.81. The molecule has 0 aromatic heterocycles. The van der Waals surface area contributed by atoms with Gasteiger partial charge in [-0.3, -0.25) is 9.59 Å². The van der Waals surface area contributed by atoms with Gasteiger partial charge in [-0.2, -0.15) is 0 Å². The number of amides is 2. The maximum absolute atomic E-state index is 14.4. The van der Waals surface area contributed by atoms with Gasteiger partial charge in [0.1, 0.15) is 5.82 Å². The lowest BCUT2D eigenvalue weighted by Gasteiger charge is -2.47. The number of carbonyl (C=O) groups is 2. The Morgan fingerprint density at radius 2 is 1.55 bits per heavy atom. The van der Waals surface area contributed by atoms with Gasteiger partial charge in [0.25, 0.3) is 5.91 Å². The molecule has 7 nitrogen and oxygen atoms in total. The smallest absolute Gasteiger partial charge is 0.254 e. The molecule has 0 unspecified atom stereocenters. The van der Waals surface area contributed by atoms with Crippen LogP contribution in [0.2, 0.25) is 0 Å². The topological polar surface area (TPSA) is 62.3 Å². The summed E-state index contributed by atoms with van der Waals surface area (Å²) < 4.78 is 26.3. The minimum atomic E-state index is -0.555.